The zero-order valence-corrected chi connectivity index (χ0v) is 12.9. The van der Waals surface area contributed by atoms with Crippen LogP contribution in [0.25, 0.3) is 11.3 Å². The molecule has 1 amide bonds. The number of ether oxygens (including phenoxy) is 1. The van der Waals surface area contributed by atoms with E-state index in [1.165, 1.54) is 7.11 Å². The van der Waals surface area contributed by atoms with E-state index in [0.717, 1.165) is 11.3 Å². The van der Waals surface area contributed by atoms with Crippen molar-refractivity contribution >= 4 is 23.2 Å². The van der Waals surface area contributed by atoms with Crippen LogP contribution in [0, 0.1) is 6.92 Å². The SMILES string of the molecule is COC(=O)[C@H](C)NC(=O)c1ccc(-c2ccsc2)nc1C. The molecule has 2 rings (SSSR count). The fraction of sp³-hybridized carbons (Fsp3) is 0.267. The molecule has 5 nitrogen and oxygen atoms in total. The number of carbonyl (C=O) groups is 2. The first-order valence-electron chi connectivity index (χ1n) is 6.42. The molecule has 0 aliphatic carbocycles. The maximum atomic E-state index is 12.1. The maximum Gasteiger partial charge on any atom is 0.328 e. The Hall–Kier alpha value is -2.21. The molecule has 2 aromatic heterocycles. The van der Waals surface area contributed by atoms with Gasteiger partial charge in [0, 0.05) is 10.9 Å². The number of esters is 1. The Bertz CT molecular complexity index is 653. The zero-order chi connectivity index (χ0) is 15.4. The molecule has 1 atom stereocenters. The van der Waals surface area contributed by atoms with Crippen molar-refractivity contribution in [3.8, 4) is 11.3 Å². The normalized spacial score (nSPS) is 11.8. The van der Waals surface area contributed by atoms with Gasteiger partial charge in [-0.1, -0.05) is 0 Å². The number of nitrogens with zero attached hydrogens (tertiary/aromatic N) is 1. The smallest absolute Gasteiger partial charge is 0.328 e. The second-order valence-corrected chi connectivity index (χ2v) is 5.34. The van der Waals surface area contributed by atoms with Crippen LogP contribution in [0.3, 0.4) is 0 Å². The van der Waals surface area contributed by atoms with Crippen molar-refractivity contribution in [2.45, 2.75) is 19.9 Å². The Morgan fingerprint density at radius 2 is 2.10 bits per heavy atom. The van der Waals surface area contributed by atoms with E-state index in [2.05, 4.69) is 15.0 Å². The second-order valence-electron chi connectivity index (χ2n) is 4.56. The van der Waals surface area contributed by atoms with Gasteiger partial charge in [0.1, 0.15) is 6.04 Å². The Kier molecular flexibility index (Phi) is 4.70. The number of rotatable bonds is 4. The largest absolute Gasteiger partial charge is 0.467 e. The minimum absolute atomic E-state index is 0.338. The summed E-state index contributed by atoms with van der Waals surface area (Å²) in [6.07, 6.45) is 0. The van der Waals surface area contributed by atoms with Crippen LogP contribution in [-0.2, 0) is 9.53 Å². The number of methoxy groups -OCH3 is 1. The Balaban J connectivity index is 2.17. The van der Waals surface area contributed by atoms with E-state index in [1.807, 2.05) is 16.8 Å². The van der Waals surface area contributed by atoms with Gasteiger partial charge in [0.15, 0.2) is 0 Å². The number of hydrogen-bond donors (Lipinski definition) is 1. The van der Waals surface area contributed by atoms with Gasteiger partial charge in [-0.05, 0) is 37.4 Å². The van der Waals surface area contributed by atoms with Crippen LogP contribution in [0.2, 0.25) is 0 Å². The van der Waals surface area contributed by atoms with Crippen molar-refractivity contribution in [3.63, 3.8) is 0 Å². The van der Waals surface area contributed by atoms with E-state index >= 15 is 0 Å². The number of aromatic nitrogens is 1. The van der Waals surface area contributed by atoms with Crippen molar-refractivity contribution < 1.29 is 14.3 Å². The Labute approximate surface area is 127 Å². The highest BCUT2D eigenvalue weighted by molar-refractivity contribution is 7.08. The van der Waals surface area contributed by atoms with Gasteiger partial charge in [0.05, 0.1) is 24.1 Å². The first-order chi connectivity index (χ1) is 10.0. The number of thiophene rings is 1. The summed E-state index contributed by atoms with van der Waals surface area (Å²) >= 11 is 1.59. The fourth-order valence-corrected chi connectivity index (χ4v) is 2.53. The second kappa shape index (κ2) is 6.49. The van der Waals surface area contributed by atoms with Crippen molar-refractivity contribution in [2.75, 3.05) is 7.11 Å². The zero-order valence-electron chi connectivity index (χ0n) is 12.0. The molecule has 0 saturated heterocycles. The van der Waals surface area contributed by atoms with E-state index in [9.17, 15) is 9.59 Å². The molecular formula is C15H16N2O3S. The summed E-state index contributed by atoms with van der Waals surface area (Å²) < 4.78 is 4.58. The molecule has 0 radical (unpaired) electrons. The number of amides is 1. The summed E-state index contributed by atoms with van der Waals surface area (Å²) in [6.45, 7) is 3.35. The van der Waals surface area contributed by atoms with Gasteiger partial charge < -0.3 is 10.1 Å². The summed E-state index contributed by atoms with van der Waals surface area (Å²) in [6, 6.07) is 4.80. The third kappa shape index (κ3) is 3.46. The minimum atomic E-state index is -0.696. The van der Waals surface area contributed by atoms with Crippen LogP contribution < -0.4 is 5.32 Å². The molecule has 0 unspecified atom stereocenters. The van der Waals surface area contributed by atoms with Gasteiger partial charge in [-0.3, -0.25) is 9.78 Å². The highest BCUT2D eigenvalue weighted by atomic mass is 32.1. The van der Waals surface area contributed by atoms with Crippen LogP contribution in [0.15, 0.2) is 29.0 Å². The Morgan fingerprint density at radius 3 is 2.67 bits per heavy atom. The standard InChI is InChI=1S/C15H16N2O3S/c1-9-12(14(18)17-10(2)15(19)20-3)4-5-13(16-9)11-6-7-21-8-11/h4-8,10H,1-3H3,(H,17,18)/t10-/m0/s1. The topological polar surface area (TPSA) is 68.3 Å². The maximum absolute atomic E-state index is 12.1. The summed E-state index contributed by atoms with van der Waals surface area (Å²) in [7, 11) is 1.29. The summed E-state index contributed by atoms with van der Waals surface area (Å²) in [4.78, 5) is 27.9. The van der Waals surface area contributed by atoms with E-state index in [4.69, 9.17) is 0 Å². The average Bonchev–Trinajstić information content (AvgIpc) is 3.00. The predicted molar refractivity (Wildman–Crippen MR) is 81.2 cm³/mol. The van der Waals surface area contributed by atoms with E-state index in [1.54, 1.807) is 37.3 Å². The summed E-state index contributed by atoms with van der Waals surface area (Å²) in [5.74, 6) is -0.821. The number of pyridine rings is 1. The third-order valence-electron chi connectivity index (χ3n) is 3.05. The molecule has 0 aliphatic heterocycles. The number of aryl methyl sites for hydroxylation is 1. The molecule has 110 valence electrons. The molecule has 6 heteroatoms. The molecule has 2 heterocycles. The molecule has 0 fully saturated rings. The molecule has 0 bridgehead atoms. The van der Waals surface area contributed by atoms with Crippen LogP contribution in [0.1, 0.15) is 23.0 Å². The van der Waals surface area contributed by atoms with E-state index < -0.39 is 12.0 Å². The van der Waals surface area contributed by atoms with Crippen molar-refractivity contribution in [2.24, 2.45) is 0 Å². The minimum Gasteiger partial charge on any atom is -0.467 e. The van der Waals surface area contributed by atoms with E-state index in [0.29, 0.717) is 11.3 Å². The quantitative estimate of drug-likeness (QED) is 0.881. The summed E-state index contributed by atoms with van der Waals surface area (Å²) in [5, 5.41) is 6.57. The lowest BCUT2D eigenvalue weighted by atomic mass is 10.1. The third-order valence-corrected chi connectivity index (χ3v) is 3.73. The van der Waals surface area contributed by atoms with E-state index in [-0.39, 0.29) is 5.91 Å². The van der Waals surface area contributed by atoms with Crippen LogP contribution in [0.5, 0.6) is 0 Å². The molecule has 0 aliphatic rings. The average molecular weight is 304 g/mol. The molecule has 0 saturated carbocycles. The molecule has 0 aromatic carbocycles. The molecule has 0 spiro atoms. The van der Waals surface area contributed by atoms with Gasteiger partial charge in [-0.15, -0.1) is 0 Å². The molecular weight excluding hydrogens is 288 g/mol. The van der Waals surface area contributed by atoms with Crippen LogP contribution in [0.4, 0.5) is 0 Å². The van der Waals surface area contributed by atoms with Gasteiger partial charge >= 0.3 is 5.97 Å². The lowest BCUT2D eigenvalue weighted by Gasteiger charge is -2.13. The Morgan fingerprint density at radius 1 is 1.33 bits per heavy atom. The van der Waals surface area contributed by atoms with Gasteiger partial charge in [-0.2, -0.15) is 11.3 Å². The highest BCUT2D eigenvalue weighted by Crippen LogP contribution is 2.21. The monoisotopic (exact) mass is 304 g/mol. The fourth-order valence-electron chi connectivity index (χ4n) is 1.88. The first kappa shape index (κ1) is 15.2. The lowest BCUT2D eigenvalue weighted by Crippen LogP contribution is -2.39. The van der Waals surface area contributed by atoms with Gasteiger partial charge in [-0.25, -0.2) is 4.79 Å². The number of nitrogens with one attached hydrogen (secondary N) is 1. The van der Waals surface area contributed by atoms with Crippen LogP contribution >= 0.6 is 11.3 Å². The molecule has 21 heavy (non-hydrogen) atoms. The number of hydrogen-bond acceptors (Lipinski definition) is 5. The van der Waals surface area contributed by atoms with Crippen molar-refractivity contribution in [1.82, 2.24) is 10.3 Å². The lowest BCUT2D eigenvalue weighted by molar-refractivity contribution is -0.142. The first-order valence-corrected chi connectivity index (χ1v) is 7.36. The highest BCUT2D eigenvalue weighted by Gasteiger charge is 2.18. The predicted octanol–water partition coefficient (Wildman–Crippen LogP) is 2.41. The summed E-state index contributed by atoms with van der Waals surface area (Å²) in [5.41, 5.74) is 2.92. The van der Waals surface area contributed by atoms with Crippen LogP contribution in [-0.4, -0.2) is 30.0 Å². The van der Waals surface area contributed by atoms with Gasteiger partial charge in [0.25, 0.3) is 5.91 Å². The van der Waals surface area contributed by atoms with Crippen molar-refractivity contribution in [1.29, 1.82) is 0 Å². The van der Waals surface area contributed by atoms with Crippen molar-refractivity contribution in [3.05, 3.63) is 40.2 Å². The van der Waals surface area contributed by atoms with Gasteiger partial charge in [0.2, 0.25) is 0 Å². The number of carbonyl (C=O) groups excluding carboxylic acids is 2. The molecule has 2 aromatic rings. The molecule has 1 N–H and O–H groups in total.